The maximum absolute atomic E-state index is 13.3. The molecule has 0 aliphatic carbocycles. The van der Waals surface area contributed by atoms with Crippen molar-refractivity contribution in [3.63, 3.8) is 0 Å². The van der Waals surface area contributed by atoms with Gasteiger partial charge in [0.05, 0.1) is 31.7 Å². The SMILES string of the molecule is COc1cc(OC)cc(C(=O)Nc2cccc(Cn3c(=O)[nH]c4ccc(Oc5ncccn5)cc4c3=O)c2)c1. The predicted octanol–water partition coefficient (Wildman–Crippen LogP) is 3.59. The normalized spacial score (nSPS) is 10.7. The fraction of sp³-hybridized carbons (Fsp3) is 0.107. The van der Waals surface area contributed by atoms with Gasteiger partial charge >= 0.3 is 11.7 Å². The minimum atomic E-state index is -0.564. The molecule has 0 aliphatic heterocycles. The number of benzene rings is 3. The Morgan fingerprint density at radius 3 is 2.36 bits per heavy atom. The highest BCUT2D eigenvalue weighted by Crippen LogP contribution is 2.24. The van der Waals surface area contributed by atoms with Gasteiger partial charge in [-0.3, -0.25) is 14.2 Å². The molecule has 0 saturated carbocycles. The molecule has 0 bridgehead atoms. The van der Waals surface area contributed by atoms with Gasteiger partial charge in [-0.15, -0.1) is 0 Å². The molecule has 0 atom stereocenters. The Bertz CT molecular complexity index is 1760. The van der Waals surface area contributed by atoms with Crippen LogP contribution in [0.4, 0.5) is 5.69 Å². The van der Waals surface area contributed by atoms with Crippen molar-refractivity contribution in [1.82, 2.24) is 19.5 Å². The first-order valence-electron chi connectivity index (χ1n) is 11.8. The lowest BCUT2D eigenvalue weighted by Crippen LogP contribution is -2.35. The van der Waals surface area contributed by atoms with E-state index in [0.29, 0.717) is 39.6 Å². The van der Waals surface area contributed by atoms with E-state index in [4.69, 9.17) is 14.2 Å². The first-order chi connectivity index (χ1) is 18.9. The molecule has 196 valence electrons. The van der Waals surface area contributed by atoms with E-state index < -0.39 is 11.2 Å². The number of aromatic nitrogens is 4. The van der Waals surface area contributed by atoms with Crippen molar-refractivity contribution in [2.75, 3.05) is 19.5 Å². The summed E-state index contributed by atoms with van der Waals surface area (Å²) in [5.74, 6) is 0.935. The summed E-state index contributed by atoms with van der Waals surface area (Å²) in [5, 5.41) is 3.09. The van der Waals surface area contributed by atoms with Gasteiger partial charge in [0.1, 0.15) is 17.2 Å². The minimum absolute atomic E-state index is 0.0202. The Morgan fingerprint density at radius 1 is 0.897 bits per heavy atom. The Labute approximate surface area is 221 Å². The van der Waals surface area contributed by atoms with Crippen LogP contribution in [0.25, 0.3) is 10.9 Å². The van der Waals surface area contributed by atoms with Gasteiger partial charge in [-0.2, -0.15) is 0 Å². The van der Waals surface area contributed by atoms with E-state index in [0.717, 1.165) is 4.57 Å². The topological polar surface area (TPSA) is 137 Å². The number of hydrogen-bond donors (Lipinski definition) is 2. The first-order valence-corrected chi connectivity index (χ1v) is 11.8. The molecule has 0 spiro atoms. The maximum Gasteiger partial charge on any atom is 0.329 e. The van der Waals surface area contributed by atoms with Crippen molar-refractivity contribution in [3.05, 3.63) is 111 Å². The summed E-state index contributed by atoms with van der Waals surface area (Å²) in [6.45, 7) is -0.0202. The van der Waals surface area contributed by atoms with Gasteiger partial charge in [-0.05, 0) is 54.1 Å². The van der Waals surface area contributed by atoms with Crippen LogP contribution in [0, 0.1) is 0 Å². The molecule has 0 fully saturated rings. The van der Waals surface area contributed by atoms with Crippen LogP contribution in [0.5, 0.6) is 23.3 Å². The van der Waals surface area contributed by atoms with Crippen LogP contribution in [-0.4, -0.2) is 39.6 Å². The summed E-state index contributed by atoms with van der Waals surface area (Å²) >= 11 is 0. The quantitative estimate of drug-likeness (QED) is 0.314. The fourth-order valence-electron chi connectivity index (χ4n) is 3.95. The Morgan fingerprint density at radius 2 is 1.64 bits per heavy atom. The zero-order valence-electron chi connectivity index (χ0n) is 21.0. The van der Waals surface area contributed by atoms with Crippen LogP contribution in [-0.2, 0) is 6.54 Å². The highest BCUT2D eigenvalue weighted by atomic mass is 16.5. The summed E-state index contributed by atoms with van der Waals surface area (Å²) in [4.78, 5) is 49.7. The van der Waals surface area contributed by atoms with E-state index in [1.54, 1.807) is 60.7 Å². The lowest BCUT2D eigenvalue weighted by molar-refractivity contribution is 0.102. The van der Waals surface area contributed by atoms with Gasteiger partial charge in [-0.25, -0.2) is 14.8 Å². The average molecular weight is 526 g/mol. The monoisotopic (exact) mass is 525 g/mol. The van der Waals surface area contributed by atoms with E-state index in [2.05, 4.69) is 20.3 Å². The van der Waals surface area contributed by atoms with Crippen LogP contribution in [0.15, 0.2) is 88.7 Å². The number of rotatable bonds is 8. The molecule has 1 amide bonds. The summed E-state index contributed by atoms with van der Waals surface area (Å²) < 4.78 is 17.2. The number of nitrogens with one attached hydrogen (secondary N) is 2. The Kier molecular flexibility index (Phi) is 7.04. The molecule has 0 radical (unpaired) electrons. The second-order valence-electron chi connectivity index (χ2n) is 8.42. The summed E-state index contributed by atoms with van der Waals surface area (Å²) in [6, 6.07) is 18.3. The fourth-order valence-corrected chi connectivity index (χ4v) is 3.95. The van der Waals surface area contributed by atoms with Crippen molar-refractivity contribution in [2.45, 2.75) is 6.54 Å². The van der Waals surface area contributed by atoms with Crippen LogP contribution in [0.2, 0.25) is 0 Å². The zero-order valence-corrected chi connectivity index (χ0v) is 21.0. The number of carbonyl (C=O) groups excluding carboxylic acids is 1. The number of nitrogens with zero attached hydrogens (tertiary/aromatic N) is 3. The van der Waals surface area contributed by atoms with Crippen molar-refractivity contribution in [1.29, 1.82) is 0 Å². The van der Waals surface area contributed by atoms with Crippen LogP contribution < -0.4 is 30.8 Å². The highest BCUT2D eigenvalue weighted by Gasteiger charge is 2.13. The average Bonchev–Trinajstić information content (AvgIpc) is 2.96. The number of H-pyrrole nitrogens is 1. The molecule has 5 rings (SSSR count). The Balaban J connectivity index is 1.40. The molecule has 0 saturated heterocycles. The highest BCUT2D eigenvalue weighted by molar-refractivity contribution is 6.04. The number of carbonyl (C=O) groups is 1. The molecule has 11 heteroatoms. The summed E-state index contributed by atoms with van der Waals surface area (Å²) in [6.07, 6.45) is 3.08. The molecule has 39 heavy (non-hydrogen) atoms. The van der Waals surface area contributed by atoms with Crippen molar-refractivity contribution in [3.8, 4) is 23.3 Å². The molecular weight excluding hydrogens is 502 g/mol. The van der Waals surface area contributed by atoms with E-state index in [1.807, 2.05) is 0 Å². The lowest BCUT2D eigenvalue weighted by Gasteiger charge is -2.11. The molecular formula is C28H23N5O6. The van der Waals surface area contributed by atoms with Crippen LogP contribution >= 0.6 is 0 Å². The van der Waals surface area contributed by atoms with Crippen molar-refractivity contribution < 1.29 is 19.0 Å². The third-order valence-corrected chi connectivity index (χ3v) is 5.84. The first kappa shape index (κ1) is 25.2. The second-order valence-corrected chi connectivity index (χ2v) is 8.42. The molecule has 0 unspecified atom stereocenters. The minimum Gasteiger partial charge on any atom is -0.497 e. The van der Waals surface area contributed by atoms with Gasteiger partial charge in [-0.1, -0.05) is 12.1 Å². The van der Waals surface area contributed by atoms with E-state index in [-0.39, 0.29) is 23.8 Å². The predicted molar refractivity (Wildman–Crippen MR) is 144 cm³/mol. The standard InChI is InChI=1S/C28H23N5O6/c1-37-21-12-18(13-22(14-21)38-2)25(34)31-19-6-3-5-17(11-19)16-33-26(35)23-15-20(7-8-24(23)32-28(33)36)39-27-29-9-4-10-30-27/h3-15H,16H2,1-2H3,(H,31,34)(H,32,36). The molecule has 3 aromatic carbocycles. The van der Waals surface area contributed by atoms with Gasteiger partial charge in [0, 0.05) is 29.7 Å². The number of hydrogen-bond acceptors (Lipinski definition) is 8. The van der Waals surface area contributed by atoms with E-state index >= 15 is 0 Å². The summed E-state index contributed by atoms with van der Waals surface area (Å²) in [5.41, 5.74) is 0.780. The number of amides is 1. The van der Waals surface area contributed by atoms with Gasteiger partial charge in [0.2, 0.25) is 0 Å². The van der Waals surface area contributed by atoms with E-state index in [9.17, 15) is 14.4 Å². The number of methoxy groups -OCH3 is 2. The van der Waals surface area contributed by atoms with Crippen molar-refractivity contribution in [2.24, 2.45) is 0 Å². The number of anilines is 1. The largest absolute Gasteiger partial charge is 0.497 e. The van der Waals surface area contributed by atoms with Gasteiger partial charge in [0.25, 0.3) is 11.5 Å². The van der Waals surface area contributed by atoms with E-state index in [1.165, 1.54) is 32.7 Å². The van der Waals surface area contributed by atoms with Gasteiger partial charge < -0.3 is 24.5 Å². The third-order valence-electron chi connectivity index (χ3n) is 5.84. The third kappa shape index (κ3) is 5.62. The van der Waals surface area contributed by atoms with Crippen LogP contribution in [0.1, 0.15) is 15.9 Å². The number of fused-ring (bicyclic) bond motifs is 1. The lowest BCUT2D eigenvalue weighted by atomic mass is 10.1. The summed E-state index contributed by atoms with van der Waals surface area (Å²) in [7, 11) is 3.00. The molecule has 5 aromatic rings. The van der Waals surface area contributed by atoms with Gasteiger partial charge in [0.15, 0.2) is 0 Å². The molecule has 0 aliphatic rings. The smallest absolute Gasteiger partial charge is 0.329 e. The molecule has 2 N–H and O–H groups in total. The maximum atomic E-state index is 13.3. The zero-order chi connectivity index (χ0) is 27.4. The number of aromatic amines is 1. The molecule has 2 heterocycles. The Hall–Kier alpha value is -5.45. The number of ether oxygens (including phenoxy) is 3. The van der Waals surface area contributed by atoms with Crippen molar-refractivity contribution >= 4 is 22.5 Å². The molecule has 11 nitrogen and oxygen atoms in total. The molecule has 2 aromatic heterocycles. The van der Waals surface area contributed by atoms with Crippen LogP contribution in [0.3, 0.4) is 0 Å². The second kappa shape index (κ2) is 10.9.